The first-order valence-electron chi connectivity index (χ1n) is 12.1. The minimum Gasteiger partial charge on any atom is -0.474 e. The summed E-state index contributed by atoms with van der Waals surface area (Å²) >= 11 is -1.64. The highest BCUT2D eigenvalue weighted by atomic mass is 32.2. The van der Waals surface area contributed by atoms with E-state index < -0.39 is 11.4 Å². The van der Waals surface area contributed by atoms with Gasteiger partial charge in [-0.2, -0.15) is 4.21 Å². The normalized spacial score (nSPS) is 20.8. The van der Waals surface area contributed by atoms with Gasteiger partial charge in [-0.15, -0.1) is 0 Å². The molecule has 2 saturated heterocycles. The van der Waals surface area contributed by atoms with E-state index in [9.17, 15) is 4.21 Å². The highest BCUT2D eigenvalue weighted by molar-refractivity contribution is 7.75. The average Bonchev–Trinajstić information content (AvgIpc) is 2.92. The SMILES string of the molecule is CCc1cnc(N2CCC(Oc3ncnc(Oc4ccc([C@H]5CO[S@@](=O)OC5)cc4)c3C)CC2)nc1. The molecule has 0 amide bonds. The van der Waals surface area contributed by atoms with Crippen LogP contribution in [0.1, 0.15) is 42.4 Å². The van der Waals surface area contributed by atoms with Gasteiger partial charge in [-0.25, -0.2) is 19.9 Å². The maximum Gasteiger partial charge on any atom is 0.304 e. The number of rotatable bonds is 7. The van der Waals surface area contributed by atoms with Gasteiger partial charge in [-0.05, 0) is 36.6 Å². The first-order valence-corrected chi connectivity index (χ1v) is 13.1. The van der Waals surface area contributed by atoms with Crippen LogP contribution in [-0.2, 0) is 26.1 Å². The number of hydrogen-bond acceptors (Lipinski definition) is 10. The first kappa shape index (κ1) is 24.5. The molecule has 4 heterocycles. The second-order valence-electron chi connectivity index (χ2n) is 8.80. The molecule has 0 saturated carbocycles. The number of aromatic nitrogens is 4. The highest BCUT2D eigenvalue weighted by Crippen LogP contribution is 2.31. The largest absolute Gasteiger partial charge is 0.474 e. The smallest absolute Gasteiger partial charge is 0.304 e. The topological polar surface area (TPSA) is 109 Å². The lowest BCUT2D eigenvalue weighted by Crippen LogP contribution is -2.39. The molecule has 2 aliphatic heterocycles. The summed E-state index contributed by atoms with van der Waals surface area (Å²) in [5.74, 6) is 2.43. The molecule has 2 aromatic heterocycles. The fraction of sp³-hybridized carbons (Fsp3) is 0.440. The van der Waals surface area contributed by atoms with E-state index in [4.69, 9.17) is 17.8 Å². The summed E-state index contributed by atoms with van der Waals surface area (Å²) in [6.45, 7) is 6.35. The van der Waals surface area contributed by atoms with Crippen LogP contribution in [0, 0.1) is 6.92 Å². The lowest BCUT2D eigenvalue weighted by Gasteiger charge is -2.32. The van der Waals surface area contributed by atoms with Crippen LogP contribution in [0.3, 0.4) is 0 Å². The van der Waals surface area contributed by atoms with E-state index >= 15 is 0 Å². The van der Waals surface area contributed by atoms with Crippen LogP contribution in [0.2, 0.25) is 0 Å². The number of nitrogens with zero attached hydrogens (tertiary/aromatic N) is 5. The molecule has 11 heteroatoms. The van der Waals surface area contributed by atoms with Gasteiger partial charge in [-0.3, -0.25) is 8.37 Å². The molecule has 0 bridgehead atoms. The Balaban J connectivity index is 1.17. The predicted octanol–water partition coefficient (Wildman–Crippen LogP) is 3.69. The van der Waals surface area contributed by atoms with Crippen LogP contribution in [0.15, 0.2) is 43.0 Å². The molecule has 1 aromatic carbocycles. The molecule has 0 spiro atoms. The molecule has 2 fully saturated rings. The fourth-order valence-corrected chi connectivity index (χ4v) is 4.75. The molecule has 0 radical (unpaired) electrons. The van der Waals surface area contributed by atoms with Crippen LogP contribution >= 0.6 is 0 Å². The van der Waals surface area contributed by atoms with Crippen molar-refractivity contribution < 1.29 is 22.0 Å². The van der Waals surface area contributed by atoms with Crippen molar-refractivity contribution in [3.8, 4) is 17.5 Å². The maximum atomic E-state index is 11.2. The standard InChI is InChI=1S/C25H29N5O5S/c1-3-18-12-26-25(27-13-18)30-10-8-22(9-11-30)35-24-17(2)23(28-16-29-24)34-21-6-4-19(5-7-21)20-14-32-36(31)33-15-20/h4-7,12-13,16,20,22H,3,8-11,14-15H2,1-2H3/t20-,36+. The molecule has 0 unspecified atom stereocenters. The zero-order valence-corrected chi connectivity index (χ0v) is 21.1. The predicted molar refractivity (Wildman–Crippen MR) is 133 cm³/mol. The molecule has 0 N–H and O–H groups in total. The number of aryl methyl sites for hydroxylation is 1. The molecule has 0 aliphatic carbocycles. The zero-order valence-electron chi connectivity index (χ0n) is 20.3. The van der Waals surface area contributed by atoms with Crippen molar-refractivity contribution in [2.24, 2.45) is 0 Å². The second kappa shape index (κ2) is 11.3. The van der Waals surface area contributed by atoms with Crippen LogP contribution in [0.5, 0.6) is 17.5 Å². The summed E-state index contributed by atoms with van der Waals surface area (Å²) in [5.41, 5.74) is 2.91. The number of anilines is 1. The van der Waals surface area contributed by atoms with Crippen molar-refractivity contribution in [3.63, 3.8) is 0 Å². The molecular weight excluding hydrogens is 482 g/mol. The number of hydrogen-bond donors (Lipinski definition) is 0. The summed E-state index contributed by atoms with van der Waals surface area (Å²) in [6, 6.07) is 7.63. The minimum atomic E-state index is -1.64. The van der Waals surface area contributed by atoms with E-state index in [0.717, 1.165) is 55.0 Å². The van der Waals surface area contributed by atoms with Crippen molar-refractivity contribution >= 4 is 17.3 Å². The van der Waals surface area contributed by atoms with Gasteiger partial charge in [0.1, 0.15) is 18.2 Å². The summed E-state index contributed by atoms with van der Waals surface area (Å²) in [7, 11) is 0. The van der Waals surface area contributed by atoms with Gasteiger partial charge in [0.2, 0.25) is 17.7 Å². The average molecular weight is 512 g/mol. The van der Waals surface area contributed by atoms with Crippen LogP contribution in [-0.4, -0.2) is 56.6 Å². The van der Waals surface area contributed by atoms with E-state index in [2.05, 4.69) is 31.8 Å². The van der Waals surface area contributed by atoms with Gasteiger partial charge in [0.25, 0.3) is 0 Å². The number of piperidine rings is 1. The van der Waals surface area contributed by atoms with Gasteiger partial charge in [-0.1, -0.05) is 19.1 Å². The Hall–Kier alpha value is -3.15. The van der Waals surface area contributed by atoms with Gasteiger partial charge in [0.05, 0.1) is 18.8 Å². The Bertz CT molecular complexity index is 1180. The molecule has 190 valence electrons. The summed E-state index contributed by atoms with van der Waals surface area (Å²) < 4.78 is 33.6. The molecular formula is C25H29N5O5S. The molecule has 5 rings (SSSR count). The van der Waals surface area contributed by atoms with Crippen molar-refractivity contribution in [3.05, 3.63) is 59.7 Å². The van der Waals surface area contributed by atoms with Crippen LogP contribution < -0.4 is 14.4 Å². The lowest BCUT2D eigenvalue weighted by molar-refractivity contribution is 0.160. The van der Waals surface area contributed by atoms with Gasteiger partial charge < -0.3 is 14.4 Å². The Morgan fingerprint density at radius 2 is 1.67 bits per heavy atom. The Morgan fingerprint density at radius 1 is 1.00 bits per heavy atom. The van der Waals surface area contributed by atoms with Gasteiger partial charge in [0.15, 0.2) is 0 Å². The second-order valence-corrected chi connectivity index (χ2v) is 9.68. The van der Waals surface area contributed by atoms with Gasteiger partial charge >= 0.3 is 11.4 Å². The van der Waals surface area contributed by atoms with E-state index in [1.807, 2.05) is 43.6 Å². The first-order chi connectivity index (χ1) is 17.6. The van der Waals surface area contributed by atoms with Crippen molar-refractivity contribution in [1.29, 1.82) is 0 Å². The van der Waals surface area contributed by atoms with E-state index in [1.54, 1.807) is 0 Å². The van der Waals surface area contributed by atoms with E-state index in [-0.39, 0.29) is 12.0 Å². The van der Waals surface area contributed by atoms with Gasteiger partial charge in [0, 0.05) is 44.2 Å². The quantitative estimate of drug-likeness (QED) is 0.466. The molecule has 0 atom stereocenters. The molecule has 2 aliphatic rings. The minimum absolute atomic E-state index is 0.0335. The Kier molecular flexibility index (Phi) is 7.69. The summed E-state index contributed by atoms with van der Waals surface area (Å²) in [5, 5.41) is 0. The lowest BCUT2D eigenvalue weighted by atomic mass is 10.0. The number of ether oxygens (including phenoxy) is 2. The highest BCUT2D eigenvalue weighted by Gasteiger charge is 2.24. The van der Waals surface area contributed by atoms with E-state index in [1.165, 1.54) is 6.33 Å². The van der Waals surface area contributed by atoms with Crippen LogP contribution in [0.25, 0.3) is 0 Å². The molecule has 10 nitrogen and oxygen atoms in total. The third kappa shape index (κ3) is 5.80. The third-order valence-corrected chi connectivity index (χ3v) is 7.05. The Morgan fingerprint density at radius 3 is 2.33 bits per heavy atom. The zero-order chi connectivity index (χ0) is 24.9. The molecule has 36 heavy (non-hydrogen) atoms. The Labute approximate surface area is 212 Å². The van der Waals surface area contributed by atoms with Crippen molar-refractivity contribution in [1.82, 2.24) is 19.9 Å². The van der Waals surface area contributed by atoms with Crippen molar-refractivity contribution in [2.75, 3.05) is 31.2 Å². The summed E-state index contributed by atoms with van der Waals surface area (Å²) in [6.07, 6.45) is 7.93. The van der Waals surface area contributed by atoms with E-state index in [0.29, 0.717) is 30.7 Å². The monoisotopic (exact) mass is 511 g/mol. The summed E-state index contributed by atoms with van der Waals surface area (Å²) in [4.78, 5) is 19.8. The number of benzene rings is 1. The maximum absolute atomic E-state index is 11.2. The van der Waals surface area contributed by atoms with Crippen LogP contribution in [0.4, 0.5) is 5.95 Å². The van der Waals surface area contributed by atoms with Crippen molar-refractivity contribution in [2.45, 2.75) is 45.1 Å². The molecule has 3 aromatic rings. The fourth-order valence-electron chi connectivity index (χ4n) is 4.14. The third-order valence-electron chi connectivity index (χ3n) is 6.39.